The highest BCUT2D eigenvalue weighted by Crippen LogP contribution is 2.08. The molecule has 2 amide bonds. The Kier molecular flexibility index (Phi) is 7.95. The lowest BCUT2D eigenvalue weighted by Gasteiger charge is -2.28. The van der Waals surface area contributed by atoms with E-state index in [9.17, 15) is 14.4 Å². The van der Waals surface area contributed by atoms with Crippen molar-refractivity contribution in [2.45, 2.75) is 46.2 Å². The molecule has 0 radical (unpaired) electrons. The van der Waals surface area contributed by atoms with Crippen molar-refractivity contribution in [3.8, 4) is 0 Å². The van der Waals surface area contributed by atoms with Crippen LogP contribution < -0.4 is 0 Å². The van der Waals surface area contributed by atoms with Crippen LogP contribution >= 0.6 is 0 Å². The molecule has 0 aliphatic rings. The molecule has 0 unspecified atom stereocenters. The number of carboxylic acids is 1. The summed E-state index contributed by atoms with van der Waals surface area (Å²) in [7, 11) is 0. The van der Waals surface area contributed by atoms with E-state index in [1.807, 2.05) is 44.2 Å². The van der Waals surface area contributed by atoms with E-state index in [1.165, 1.54) is 6.92 Å². The maximum atomic E-state index is 12.4. The molecule has 6 nitrogen and oxygen atoms in total. The van der Waals surface area contributed by atoms with E-state index in [1.54, 1.807) is 9.80 Å². The fraction of sp³-hybridized carbons (Fsp3) is 0.500. The maximum Gasteiger partial charge on any atom is 0.305 e. The first-order chi connectivity index (χ1) is 11.3. The lowest BCUT2D eigenvalue weighted by molar-refractivity contribution is -0.139. The highest BCUT2D eigenvalue weighted by atomic mass is 16.4. The number of carboxylic acid groups (broad SMARTS) is 1. The Hall–Kier alpha value is -2.37. The van der Waals surface area contributed by atoms with Crippen LogP contribution in [0.1, 0.15) is 39.2 Å². The highest BCUT2D eigenvalue weighted by molar-refractivity contribution is 5.79. The van der Waals surface area contributed by atoms with Gasteiger partial charge in [0.2, 0.25) is 11.8 Å². The lowest BCUT2D eigenvalue weighted by atomic mass is 10.2. The number of aliphatic carboxylic acids is 1. The van der Waals surface area contributed by atoms with Gasteiger partial charge in [-0.1, -0.05) is 30.3 Å². The van der Waals surface area contributed by atoms with Gasteiger partial charge in [-0.3, -0.25) is 14.4 Å². The van der Waals surface area contributed by atoms with Gasteiger partial charge in [-0.2, -0.15) is 0 Å². The van der Waals surface area contributed by atoms with Gasteiger partial charge >= 0.3 is 5.97 Å². The molecule has 0 heterocycles. The normalized spacial score (nSPS) is 10.5. The number of hydrogen-bond acceptors (Lipinski definition) is 3. The first-order valence-electron chi connectivity index (χ1n) is 8.12. The molecule has 1 rings (SSSR count). The summed E-state index contributed by atoms with van der Waals surface area (Å²) in [4.78, 5) is 38.1. The van der Waals surface area contributed by atoms with E-state index in [4.69, 9.17) is 5.11 Å². The van der Waals surface area contributed by atoms with Gasteiger partial charge in [0.05, 0.1) is 6.42 Å². The molecule has 0 fully saturated rings. The number of benzene rings is 1. The van der Waals surface area contributed by atoms with Gasteiger partial charge in [0.25, 0.3) is 0 Å². The van der Waals surface area contributed by atoms with Crippen molar-refractivity contribution < 1.29 is 19.5 Å². The minimum Gasteiger partial charge on any atom is -0.481 e. The van der Waals surface area contributed by atoms with E-state index >= 15 is 0 Å². The summed E-state index contributed by atoms with van der Waals surface area (Å²) in [6.07, 6.45) is 0.106. The zero-order valence-corrected chi connectivity index (χ0v) is 14.6. The number of carbonyl (C=O) groups is 3. The fourth-order valence-electron chi connectivity index (χ4n) is 2.41. The largest absolute Gasteiger partial charge is 0.481 e. The van der Waals surface area contributed by atoms with Crippen molar-refractivity contribution in [1.29, 1.82) is 0 Å². The van der Waals surface area contributed by atoms with Crippen LogP contribution in [0.3, 0.4) is 0 Å². The van der Waals surface area contributed by atoms with E-state index in [2.05, 4.69) is 0 Å². The average molecular weight is 334 g/mol. The van der Waals surface area contributed by atoms with Crippen molar-refractivity contribution in [2.24, 2.45) is 0 Å². The Bertz CT molecular complexity index is 557. The van der Waals surface area contributed by atoms with Gasteiger partial charge in [-0.25, -0.2) is 0 Å². The number of rotatable bonds is 9. The monoisotopic (exact) mass is 334 g/mol. The Morgan fingerprint density at radius 2 is 1.67 bits per heavy atom. The van der Waals surface area contributed by atoms with Crippen molar-refractivity contribution >= 4 is 17.8 Å². The standard InChI is InChI=1S/C18H26N2O4/c1-14(2)20(12-10-18(23)24)17(22)9-11-19(15(3)21)13-16-7-5-4-6-8-16/h4-8,14H,9-13H2,1-3H3,(H,23,24). The van der Waals surface area contributed by atoms with Crippen LogP contribution in [0.15, 0.2) is 30.3 Å². The van der Waals surface area contributed by atoms with Crippen molar-refractivity contribution in [3.05, 3.63) is 35.9 Å². The molecule has 24 heavy (non-hydrogen) atoms. The summed E-state index contributed by atoms with van der Waals surface area (Å²) in [5.41, 5.74) is 1.01. The SMILES string of the molecule is CC(=O)N(CCC(=O)N(CCC(=O)O)C(C)C)Cc1ccccc1. The highest BCUT2D eigenvalue weighted by Gasteiger charge is 2.19. The number of carbonyl (C=O) groups excluding carboxylic acids is 2. The summed E-state index contributed by atoms with van der Waals surface area (Å²) >= 11 is 0. The predicted octanol–water partition coefficient (Wildman–Crippen LogP) is 2.14. The van der Waals surface area contributed by atoms with Crippen LogP contribution in [0.5, 0.6) is 0 Å². The minimum atomic E-state index is -0.928. The molecule has 0 aliphatic carbocycles. The molecule has 0 atom stereocenters. The topological polar surface area (TPSA) is 77.9 Å². The van der Waals surface area contributed by atoms with Crippen LogP contribution in [0.25, 0.3) is 0 Å². The molecule has 0 spiro atoms. The molecule has 0 bridgehead atoms. The Balaban J connectivity index is 2.62. The van der Waals surface area contributed by atoms with Crippen molar-refractivity contribution in [3.63, 3.8) is 0 Å². The van der Waals surface area contributed by atoms with E-state index < -0.39 is 5.97 Å². The molecule has 0 aliphatic heterocycles. The van der Waals surface area contributed by atoms with Crippen LogP contribution in [0.2, 0.25) is 0 Å². The molecule has 1 N–H and O–H groups in total. The van der Waals surface area contributed by atoms with Gasteiger partial charge in [0.1, 0.15) is 0 Å². The van der Waals surface area contributed by atoms with E-state index in [0.29, 0.717) is 13.1 Å². The second-order valence-electron chi connectivity index (χ2n) is 6.00. The van der Waals surface area contributed by atoms with Crippen LogP contribution in [-0.4, -0.2) is 51.8 Å². The van der Waals surface area contributed by atoms with Gasteiger partial charge in [-0.05, 0) is 19.4 Å². The van der Waals surface area contributed by atoms with Crippen LogP contribution in [0.4, 0.5) is 0 Å². The molecular formula is C18H26N2O4. The predicted molar refractivity (Wildman–Crippen MR) is 91.3 cm³/mol. The molecule has 0 saturated carbocycles. The van der Waals surface area contributed by atoms with Crippen LogP contribution in [-0.2, 0) is 20.9 Å². The first kappa shape index (κ1) is 19.7. The van der Waals surface area contributed by atoms with Crippen molar-refractivity contribution in [1.82, 2.24) is 9.80 Å². The van der Waals surface area contributed by atoms with Gasteiger partial charge in [-0.15, -0.1) is 0 Å². The zero-order chi connectivity index (χ0) is 18.1. The lowest BCUT2D eigenvalue weighted by Crippen LogP contribution is -2.40. The van der Waals surface area contributed by atoms with E-state index in [0.717, 1.165) is 5.56 Å². The summed E-state index contributed by atoms with van der Waals surface area (Å²) in [6, 6.07) is 9.53. The van der Waals surface area contributed by atoms with E-state index in [-0.39, 0.29) is 37.2 Å². The number of nitrogens with zero attached hydrogens (tertiary/aromatic N) is 2. The smallest absolute Gasteiger partial charge is 0.305 e. The Morgan fingerprint density at radius 1 is 1.04 bits per heavy atom. The maximum absolute atomic E-state index is 12.4. The quantitative estimate of drug-likeness (QED) is 0.750. The third kappa shape index (κ3) is 6.81. The average Bonchev–Trinajstić information content (AvgIpc) is 2.51. The summed E-state index contributed by atoms with van der Waals surface area (Å²) in [5.74, 6) is -1.15. The second-order valence-corrected chi connectivity index (χ2v) is 6.00. The molecular weight excluding hydrogens is 308 g/mol. The Morgan fingerprint density at radius 3 is 2.17 bits per heavy atom. The summed E-state index contributed by atoms with van der Waals surface area (Å²) < 4.78 is 0. The third-order valence-electron chi connectivity index (χ3n) is 3.77. The number of hydrogen-bond donors (Lipinski definition) is 1. The third-order valence-corrected chi connectivity index (χ3v) is 3.77. The number of amides is 2. The molecule has 1 aromatic carbocycles. The zero-order valence-electron chi connectivity index (χ0n) is 14.6. The Labute approximate surface area is 143 Å². The second kappa shape index (κ2) is 9.70. The fourth-order valence-corrected chi connectivity index (χ4v) is 2.41. The summed E-state index contributed by atoms with van der Waals surface area (Å²) in [5, 5.41) is 8.79. The van der Waals surface area contributed by atoms with Gasteiger partial charge < -0.3 is 14.9 Å². The molecule has 132 valence electrons. The summed E-state index contributed by atoms with van der Waals surface area (Å²) in [6.45, 7) is 6.15. The molecule has 6 heteroatoms. The van der Waals surface area contributed by atoms with Gasteiger partial charge in [0.15, 0.2) is 0 Å². The molecule has 1 aromatic rings. The molecule has 0 aromatic heterocycles. The van der Waals surface area contributed by atoms with Crippen molar-refractivity contribution in [2.75, 3.05) is 13.1 Å². The first-order valence-corrected chi connectivity index (χ1v) is 8.12. The van der Waals surface area contributed by atoms with Gasteiger partial charge in [0, 0.05) is 39.0 Å². The molecule has 0 saturated heterocycles. The van der Waals surface area contributed by atoms with Crippen LogP contribution in [0, 0.1) is 0 Å². The minimum absolute atomic E-state index is 0.0725.